The van der Waals surface area contributed by atoms with Gasteiger partial charge < -0.3 is 5.11 Å². The molecule has 1 rings (SSSR count). The summed E-state index contributed by atoms with van der Waals surface area (Å²) in [6.07, 6.45) is -0.293. The van der Waals surface area contributed by atoms with E-state index in [9.17, 15) is 5.11 Å². The summed E-state index contributed by atoms with van der Waals surface area (Å²) >= 11 is 1.69. The van der Waals surface area contributed by atoms with Gasteiger partial charge in [0, 0.05) is 9.75 Å². The average molecular weight is 198 g/mol. The van der Waals surface area contributed by atoms with Crippen LogP contribution in [0.1, 0.15) is 36.6 Å². The molecule has 0 amide bonds. The molecular weight excluding hydrogens is 180 g/mol. The number of aliphatic hydroxyl groups excluding tert-OH is 1. The second-order valence-electron chi connectivity index (χ2n) is 4.00. The van der Waals surface area contributed by atoms with Gasteiger partial charge in [0.25, 0.3) is 0 Å². The summed E-state index contributed by atoms with van der Waals surface area (Å²) in [5.74, 6) is 0.857. The summed E-state index contributed by atoms with van der Waals surface area (Å²) in [5, 5.41) is 9.98. The molecule has 1 aromatic rings. The van der Waals surface area contributed by atoms with E-state index < -0.39 is 0 Å². The van der Waals surface area contributed by atoms with Crippen molar-refractivity contribution in [3.05, 3.63) is 21.9 Å². The first kappa shape index (κ1) is 10.7. The third-order valence-electron chi connectivity index (χ3n) is 2.60. The molecule has 1 N–H and O–H groups in total. The van der Waals surface area contributed by atoms with Gasteiger partial charge in [-0.25, -0.2) is 0 Å². The highest BCUT2D eigenvalue weighted by Crippen LogP contribution is 2.31. The molecule has 13 heavy (non-hydrogen) atoms. The summed E-state index contributed by atoms with van der Waals surface area (Å²) in [6, 6.07) is 4.10. The van der Waals surface area contributed by atoms with Crippen molar-refractivity contribution < 1.29 is 5.11 Å². The third kappa shape index (κ3) is 2.55. The van der Waals surface area contributed by atoms with Crippen LogP contribution < -0.4 is 0 Å². The Morgan fingerprint density at radius 3 is 2.23 bits per heavy atom. The van der Waals surface area contributed by atoms with E-state index in [4.69, 9.17) is 0 Å². The van der Waals surface area contributed by atoms with Gasteiger partial charge in [-0.15, -0.1) is 11.3 Å². The van der Waals surface area contributed by atoms with E-state index in [0.717, 1.165) is 4.88 Å². The zero-order valence-corrected chi connectivity index (χ0v) is 9.56. The fourth-order valence-electron chi connectivity index (χ4n) is 1.24. The van der Waals surface area contributed by atoms with Crippen LogP contribution in [-0.2, 0) is 0 Å². The normalized spacial score (nSPS) is 16.2. The van der Waals surface area contributed by atoms with Gasteiger partial charge in [0.2, 0.25) is 0 Å². The van der Waals surface area contributed by atoms with Gasteiger partial charge in [0.15, 0.2) is 0 Å². The summed E-state index contributed by atoms with van der Waals surface area (Å²) < 4.78 is 0. The van der Waals surface area contributed by atoms with Gasteiger partial charge in [0.1, 0.15) is 0 Å². The third-order valence-corrected chi connectivity index (χ3v) is 3.67. The lowest BCUT2D eigenvalue weighted by Crippen LogP contribution is -2.13. The molecule has 0 aromatic carbocycles. The molecule has 0 saturated carbocycles. The van der Waals surface area contributed by atoms with Crippen LogP contribution in [0.3, 0.4) is 0 Å². The van der Waals surface area contributed by atoms with Gasteiger partial charge in [-0.05, 0) is 30.9 Å². The maximum absolute atomic E-state index is 9.98. The van der Waals surface area contributed by atoms with Crippen molar-refractivity contribution in [2.45, 2.75) is 33.8 Å². The Hall–Kier alpha value is -0.340. The molecule has 0 spiro atoms. The minimum Gasteiger partial charge on any atom is -0.387 e. The fraction of sp³-hybridized carbons (Fsp3) is 0.636. The molecule has 1 heterocycles. The van der Waals surface area contributed by atoms with E-state index in [0.29, 0.717) is 11.8 Å². The van der Waals surface area contributed by atoms with E-state index in [1.165, 1.54) is 4.88 Å². The van der Waals surface area contributed by atoms with E-state index >= 15 is 0 Å². The Balaban J connectivity index is 2.73. The summed E-state index contributed by atoms with van der Waals surface area (Å²) in [5.41, 5.74) is 0. The molecule has 0 radical (unpaired) electrons. The largest absolute Gasteiger partial charge is 0.387 e. The van der Waals surface area contributed by atoms with Crippen LogP contribution in [0, 0.1) is 18.8 Å². The minimum atomic E-state index is -0.293. The molecule has 74 valence electrons. The number of hydrogen-bond acceptors (Lipinski definition) is 2. The van der Waals surface area contributed by atoms with Crippen LogP contribution in [-0.4, -0.2) is 5.11 Å². The molecule has 0 aliphatic rings. The van der Waals surface area contributed by atoms with Crippen molar-refractivity contribution in [2.75, 3.05) is 0 Å². The van der Waals surface area contributed by atoms with Crippen LogP contribution >= 0.6 is 11.3 Å². The number of thiophene rings is 1. The Morgan fingerprint density at radius 2 is 1.85 bits per heavy atom. The van der Waals surface area contributed by atoms with Crippen molar-refractivity contribution in [1.29, 1.82) is 0 Å². The molecular formula is C11H18OS. The molecule has 0 aliphatic carbocycles. The zero-order chi connectivity index (χ0) is 10.0. The van der Waals surface area contributed by atoms with Crippen molar-refractivity contribution in [1.82, 2.24) is 0 Å². The summed E-state index contributed by atoms with van der Waals surface area (Å²) in [6.45, 7) is 8.47. The Morgan fingerprint density at radius 1 is 1.23 bits per heavy atom. The first-order chi connectivity index (χ1) is 6.02. The van der Waals surface area contributed by atoms with Crippen LogP contribution in [0.5, 0.6) is 0 Å². The lowest BCUT2D eigenvalue weighted by Gasteiger charge is -2.20. The Bertz CT molecular complexity index is 265. The highest BCUT2D eigenvalue weighted by molar-refractivity contribution is 7.12. The molecule has 0 aliphatic heterocycles. The van der Waals surface area contributed by atoms with Gasteiger partial charge in [0.05, 0.1) is 6.10 Å². The monoisotopic (exact) mass is 198 g/mol. The predicted molar refractivity (Wildman–Crippen MR) is 58.0 cm³/mol. The van der Waals surface area contributed by atoms with E-state index in [1.807, 2.05) is 6.07 Å². The highest BCUT2D eigenvalue weighted by atomic mass is 32.1. The van der Waals surface area contributed by atoms with Crippen molar-refractivity contribution >= 4 is 11.3 Å². The standard InChI is InChI=1S/C11H18OS/c1-7(2)9(4)11(12)10-6-5-8(3)13-10/h5-7,9,11-12H,1-4H3. The smallest absolute Gasteiger partial charge is 0.0909 e. The van der Waals surface area contributed by atoms with Crippen molar-refractivity contribution in [3.63, 3.8) is 0 Å². The Kier molecular flexibility index (Phi) is 3.51. The van der Waals surface area contributed by atoms with Gasteiger partial charge in [-0.2, -0.15) is 0 Å². The first-order valence-corrected chi connectivity index (χ1v) is 5.58. The maximum atomic E-state index is 9.98. The maximum Gasteiger partial charge on any atom is 0.0909 e. The second-order valence-corrected chi connectivity index (χ2v) is 5.32. The number of rotatable bonds is 3. The molecule has 0 saturated heterocycles. The molecule has 0 fully saturated rings. The lowest BCUT2D eigenvalue weighted by molar-refractivity contribution is 0.0953. The summed E-state index contributed by atoms with van der Waals surface area (Å²) in [4.78, 5) is 2.36. The van der Waals surface area contributed by atoms with E-state index in [-0.39, 0.29) is 6.10 Å². The van der Waals surface area contributed by atoms with Crippen LogP contribution in [0.2, 0.25) is 0 Å². The molecule has 1 aromatic heterocycles. The molecule has 2 unspecified atom stereocenters. The van der Waals surface area contributed by atoms with Crippen LogP contribution in [0.4, 0.5) is 0 Å². The first-order valence-electron chi connectivity index (χ1n) is 4.76. The zero-order valence-electron chi connectivity index (χ0n) is 8.74. The number of aliphatic hydroxyl groups is 1. The van der Waals surface area contributed by atoms with E-state index in [2.05, 4.69) is 33.8 Å². The van der Waals surface area contributed by atoms with Crippen LogP contribution in [0.25, 0.3) is 0 Å². The minimum absolute atomic E-state index is 0.293. The SMILES string of the molecule is Cc1ccc(C(O)C(C)C(C)C)s1. The molecule has 1 nitrogen and oxygen atoms in total. The van der Waals surface area contributed by atoms with Gasteiger partial charge in [-0.3, -0.25) is 0 Å². The second kappa shape index (κ2) is 4.25. The molecule has 0 bridgehead atoms. The van der Waals surface area contributed by atoms with Crippen molar-refractivity contribution in [2.24, 2.45) is 11.8 Å². The number of hydrogen-bond donors (Lipinski definition) is 1. The lowest BCUT2D eigenvalue weighted by atomic mass is 9.91. The number of aryl methyl sites for hydroxylation is 1. The van der Waals surface area contributed by atoms with E-state index in [1.54, 1.807) is 11.3 Å². The average Bonchev–Trinajstić information content (AvgIpc) is 2.49. The van der Waals surface area contributed by atoms with Crippen LogP contribution in [0.15, 0.2) is 12.1 Å². The van der Waals surface area contributed by atoms with Crippen molar-refractivity contribution in [3.8, 4) is 0 Å². The topological polar surface area (TPSA) is 20.2 Å². The molecule has 2 atom stereocenters. The fourth-order valence-corrected chi connectivity index (χ4v) is 2.22. The Labute approximate surface area is 84.4 Å². The predicted octanol–water partition coefficient (Wildman–Crippen LogP) is 3.38. The summed E-state index contributed by atoms with van der Waals surface area (Å²) in [7, 11) is 0. The quantitative estimate of drug-likeness (QED) is 0.789. The molecule has 2 heteroatoms. The highest BCUT2D eigenvalue weighted by Gasteiger charge is 2.20. The van der Waals surface area contributed by atoms with Gasteiger partial charge >= 0.3 is 0 Å². The van der Waals surface area contributed by atoms with Gasteiger partial charge in [-0.1, -0.05) is 20.8 Å².